The third-order valence-electron chi connectivity index (χ3n) is 2.01. The Labute approximate surface area is 99.3 Å². The smallest absolute Gasteiger partial charge is 0.325 e. The van der Waals surface area contributed by atoms with E-state index in [1.54, 1.807) is 13.0 Å². The lowest BCUT2D eigenvalue weighted by atomic mass is 10.3. The number of amides is 1. The highest BCUT2D eigenvalue weighted by Gasteiger charge is 2.18. The fraction of sp³-hybridized carbons (Fsp3) is 0.364. The van der Waals surface area contributed by atoms with E-state index >= 15 is 0 Å². The molecule has 6 heteroatoms. The zero-order chi connectivity index (χ0) is 12.7. The normalized spacial score (nSPS) is 9.71. The van der Waals surface area contributed by atoms with E-state index in [4.69, 9.17) is 4.74 Å². The fourth-order valence-electron chi connectivity index (χ4n) is 1.29. The average Bonchev–Trinajstić information content (AvgIpc) is 2.81. The van der Waals surface area contributed by atoms with Crippen molar-refractivity contribution in [3.8, 4) is 0 Å². The lowest BCUT2D eigenvalue weighted by molar-refractivity contribution is -0.143. The summed E-state index contributed by atoms with van der Waals surface area (Å²) in [5.41, 5.74) is 0.399. The van der Waals surface area contributed by atoms with E-state index < -0.39 is 5.97 Å². The molecule has 1 rings (SSSR count). The van der Waals surface area contributed by atoms with Crippen LogP contribution in [-0.4, -0.2) is 46.7 Å². The molecule has 1 N–H and O–H groups in total. The molecule has 0 bridgehead atoms. The summed E-state index contributed by atoms with van der Waals surface area (Å²) < 4.78 is 4.80. The molecule has 0 aliphatic rings. The number of carbonyl (C=O) groups is 2. The number of aromatic amines is 1. The molecule has 0 saturated heterocycles. The van der Waals surface area contributed by atoms with Gasteiger partial charge < -0.3 is 9.64 Å². The molecule has 1 aromatic rings. The number of hydrogen-bond acceptors (Lipinski definition) is 4. The number of nitrogens with one attached hydrogen (secondary N) is 1. The molecule has 1 heterocycles. The Balaban J connectivity index is 2.68. The summed E-state index contributed by atoms with van der Waals surface area (Å²) in [5.74, 6) is -0.724. The van der Waals surface area contributed by atoms with E-state index in [0.717, 1.165) is 0 Å². The topological polar surface area (TPSA) is 75.3 Å². The predicted molar refractivity (Wildman–Crippen MR) is 61.3 cm³/mol. The standard InChI is InChI=1S/C11H15N3O3/c1-3-5-14(8-10(15)17-4-2)11(16)9-6-12-13-7-9/h3,6-7H,1,4-5,8H2,2H3,(H,12,13). The minimum absolute atomic E-state index is 0.0934. The minimum Gasteiger partial charge on any atom is -0.465 e. The molecule has 6 nitrogen and oxygen atoms in total. The summed E-state index contributed by atoms with van der Waals surface area (Å²) in [6.07, 6.45) is 4.43. The number of H-pyrrole nitrogens is 1. The first kappa shape index (κ1) is 13.0. The Hall–Kier alpha value is -2.11. The lowest BCUT2D eigenvalue weighted by Crippen LogP contribution is -2.36. The van der Waals surface area contributed by atoms with E-state index in [9.17, 15) is 9.59 Å². The van der Waals surface area contributed by atoms with Crippen molar-refractivity contribution in [2.24, 2.45) is 0 Å². The van der Waals surface area contributed by atoms with Crippen LogP contribution in [0.25, 0.3) is 0 Å². The maximum atomic E-state index is 11.9. The Kier molecular flexibility index (Phi) is 4.93. The van der Waals surface area contributed by atoms with Crippen molar-refractivity contribution in [2.75, 3.05) is 19.7 Å². The van der Waals surface area contributed by atoms with Gasteiger partial charge in [0.2, 0.25) is 0 Å². The van der Waals surface area contributed by atoms with Gasteiger partial charge in [0.25, 0.3) is 5.91 Å². The SMILES string of the molecule is C=CCN(CC(=O)OCC)C(=O)c1cn[nH]c1. The van der Waals surface area contributed by atoms with Crippen molar-refractivity contribution in [2.45, 2.75) is 6.92 Å². The first-order valence-corrected chi connectivity index (χ1v) is 5.23. The van der Waals surface area contributed by atoms with E-state index in [1.807, 2.05) is 0 Å². The number of aromatic nitrogens is 2. The summed E-state index contributed by atoms with van der Waals surface area (Å²) in [5, 5.41) is 6.23. The second-order valence-electron chi connectivity index (χ2n) is 3.27. The summed E-state index contributed by atoms with van der Waals surface area (Å²) in [7, 11) is 0. The molecule has 0 unspecified atom stereocenters. The Morgan fingerprint density at radius 3 is 2.94 bits per heavy atom. The van der Waals surface area contributed by atoms with Crippen molar-refractivity contribution >= 4 is 11.9 Å². The Morgan fingerprint density at radius 1 is 1.65 bits per heavy atom. The van der Waals surface area contributed by atoms with Crippen molar-refractivity contribution in [1.82, 2.24) is 15.1 Å². The fourth-order valence-corrected chi connectivity index (χ4v) is 1.29. The van der Waals surface area contributed by atoms with Crippen molar-refractivity contribution in [3.05, 3.63) is 30.6 Å². The highest BCUT2D eigenvalue weighted by atomic mass is 16.5. The first-order valence-electron chi connectivity index (χ1n) is 5.23. The largest absolute Gasteiger partial charge is 0.465 e. The van der Waals surface area contributed by atoms with Crippen LogP contribution >= 0.6 is 0 Å². The van der Waals surface area contributed by atoms with Crippen LogP contribution in [-0.2, 0) is 9.53 Å². The monoisotopic (exact) mass is 237 g/mol. The van der Waals surface area contributed by atoms with E-state index in [-0.39, 0.29) is 19.0 Å². The van der Waals surface area contributed by atoms with Crippen LogP contribution in [0.2, 0.25) is 0 Å². The van der Waals surface area contributed by atoms with Gasteiger partial charge in [0, 0.05) is 12.7 Å². The molecule has 0 aliphatic carbocycles. The van der Waals surface area contributed by atoms with Crippen molar-refractivity contribution in [3.63, 3.8) is 0 Å². The zero-order valence-corrected chi connectivity index (χ0v) is 9.68. The van der Waals surface area contributed by atoms with Gasteiger partial charge in [0.1, 0.15) is 6.54 Å². The van der Waals surface area contributed by atoms with Crippen LogP contribution in [0.3, 0.4) is 0 Å². The second kappa shape index (κ2) is 6.47. The third-order valence-corrected chi connectivity index (χ3v) is 2.01. The van der Waals surface area contributed by atoms with Gasteiger partial charge in [-0.3, -0.25) is 14.7 Å². The van der Waals surface area contributed by atoms with Gasteiger partial charge in [-0.2, -0.15) is 5.10 Å². The van der Waals surface area contributed by atoms with Gasteiger partial charge in [-0.15, -0.1) is 6.58 Å². The molecular formula is C11H15N3O3. The van der Waals surface area contributed by atoms with Crippen LogP contribution in [0.4, 0.5) is 0 Å². The molecule has 0 aromatic carbocycles. The quantitative estimate of drug-likeness (QED) is 0.580. The van der Waals surface area contributed by atoms with Crippen LogP contribution in [0, 0.1) is 0 Å². The maximum Gasteiger partial charge on any atom is 0.325 e. The molecule has 0 aliphatic heterocycles. The number of nitrogens with zero attached hydrogens (tertiary/aromatic N) is 2. The molecule has 1 amide bonds. The predicted octanol–water partition coefficient (Wildman–Crippen LogP) is 0.601. The summed E-state index contributed by atoms with van der Waals surface area (Å²) in [6.45, 7) is 5.74. The molecule has 0 saturated carbocycles. The number of hydrogen-bond donors (Lipinski definition) is 1. The number of esters is 1. The molecule has 17 heavy (non-hydrogen) atoms. The Morgan fingerprint density at radius 2 is 2.41 bits per heavy atom. The summed E-state index contributed by atoms with van der Waals surface area (Å²) in [6, 6.07) is 0. The van der Waals surface area contributed by atoms with Crippen LogP contribution < -0.4 is 0 Å². The van der Waals surface area contributed by atoms with Gasteiger partial charge in [0.15, 0.2) is 0 Å². The minimum atomic E-state index is -0.439. The molecule has 1 aromatic heterocycles. The van der Waals surface area contributed by atoms with Gasteiger partial charge in [-0.1, -0.05) is 6.08 Å². The van der Waals surface area contributed by atoms with Gasteiger partial charge >= 0.3 is 5.97 Å². The maximum absolute atomic E-state index is 11.9. The number of carbonyl (C=O) groups excluding carboxylic acids is 2. The van der Waals surface area contributed by atoms with E-state index in [1.165, 1.54) is 17.3 Å². The second-order valence-corrected chi connectivity index (χ2v) is 3.27. The van der Waals surface area contributed by atoms with Gasteiger partial charge in [0.05, 0.1) is 18.4 Å². The molecular weight excluding hydrogens is 222 g/mol. The van der Waals surface area contributed by atoms with E-state index in [2.05, 4.69) is 16.8 Å². The van der Waals surface area contributed by atoms with Crippen LogP contribution in [0.1, 0.15) is 17.3 Å². The average molecular weight is 237 g/mol. The Bertz CT molecular complexity index is 387. The number of rotatable bonds is 6. The molecule has 0 spiro atoms. The number of ether oxygens (including phenoxy) is 1. The third kappa shape index (κ3) is 3.75. The molecule has 0 atom stereocenters. The first-order chi connectivity index (χ1) is 8.19. The van der Waals surface area contributed by atoms with Gasteiger partial charge in [-0.25, -0.2) is 0 Å². The molecule has 92 valence electrons. The summed E-state index contributed by atoms with van der Waals surface area (Å²) >= 11 is 0. The molecule has 0 fully saturated rings. The summed E-state index contributed by atoms with van der Waals surface area (Å²) in [4.78, 5) is 24.6. The lowest BCUT2D eigenvalue weighted by Gasteiger charge is -2.19. The van der Waals surface area contributed by atoms with E-state index in [0.29, 0.717) is 12.2 Å². The highest BCUT2D eigenvalue weighted by Crippen LogP contribution is 2.02. The molecule has 0 radical (unpaired) electrons. The van der Waals surface area contributed by atoms with Crippen LogP contribution in [0.5, 0.6) is 0 Å². The zero-order valence-electron chi connectivity index (χ0n) is 9.68. The van der Waals surface area contributed by atoms with Crippen LogP contribution in [0.15, 0.2) is 25.0 Å². The van der Waals surface area contributed by atoms with Crippen molar-refractivity contribution < 1.29 is 14.3 Å². The van der Waals surface area contributed by atoms with Gasteiger partial charge in [-0.05, 0) is 6.92 Å². The van der Waals surface area contributed by atoms with Crippen molar-refractivity contribution in [1.29, 1.82) is 0 Å². The highest BCUT2D eigenvalue weighted by molar-refractivity contribution is 5.95.